The van der Waals surface area contributed by atoms with Gasteiger partial charge in [0.2, 0.25) is 5.91 Å². The van der Waals surface area contributed by atoms with Gasteiger partial charge in [-0.25, -0.2) is 4.79 Å². The highest BCUT2D eigenvalue weighted by Crippen LogP contribution is 2.44. The van der Waals surface area contributed by atoms with E-state index in [9.17, 15) is 19.5 Å². The maximum atomic E-state index is 12.7. The Bertz CT molecular complexity index is 1050. The van der Waals surface area contributed by atoms with E-state index in [1.165, 1.54) is 11.1 Å². The zero-order valence-corrected chi connectivity index (χ0v) is 20.4. The normalized spacial score (nSPS) is 19.0. The number of ether oxygens (including phenoxy) is 1. The molecule has 0 saturated heterocycles. The lowest BCUT2D eigenvalue weighted by Crippen LogP contribution is -2.42. The lowest BCUT2D eigenvalue weighted by Gasteiger charge is -2.25. The van der Waals surface area contributed by atoms with Crippen molar-refractivity contribution in [3.05, 3.63) is 59.7 Å². The number of aliphatic carboxylic acids is 1. The van der Waals surface area contributed by atoms with E-state index >= 15 is 0 Å². The largest absolute Gasteiger partial charge is 0.481 e. The molecule has 2 amide bonds. The number of fused-ring (bicyclic) bond motifs is 3. The van der Waals surface area contributed by atoms with Crippen LogP contribution < -0.4 is 10.6 Å². The number of hydrogen-bond donors (Lipinski definition) is 3. The molecule has 2 aromatic carbocycles. The van der Waals surface area contributed by atoms with E-state index in [0.717, 1.165) is 24.0 Å². The van der Waals surface area contributed by atoms with Gasteiger partial charge in [0, 0.05) is 24.4 Å². The van der Waals surface area contributed by atoms with E-state index in [4.69, 9.17) is 4.74 Å². The van der Waals surface area contributed by atoms with Crippen LogP contribution in [0.5, 0.6) is 0 Å². The maximum Gasteiger partial charge on any atom is 0.407 e. The summed E-state index contributed by atoms with van der Waals surface area (Å²) >= 11 is 0. The third-order valence-corrected chi connectivity index (χ3v) is 7.48. The van der Waals surface area contributed by atoms with Crippen molar-refractivity contribution in [3.63, 3.8) is 0 Å². The molecule has 0 aromatic heterocycles. The summed E-state index contributed by atoms with van der Waals surface area (Å²) in [6.07, 6.45) is 2.31. The molecule has 186 valence electrons. The van der Waals surface area contributed by atoms with Crippen LogP contribution in [0.3, 0.4) is 0 Å². The molecule has 2 aromatic rings. The van der Waals surface area contributed by atoms with E-state index in [1.807, 2.05) is 38.1 Å². The van der Waals surface area contributed by atoms with E-state index < -0.39 is 17.5 Å². The molecule has 35 heavy (non-hydrogen) atoms. The number of hydrogen-bond acceptors (Lipinski definition) is 4. The Morgan fingerprint density at radius 3 is 2.23 bits per heavy atom. The van der Waals surface area contributed by atoms with Crippen molar-refractivity contribution in [2.24, 2.45) is 17.3 Å². The van der Waals surface area contributed by atoms with Crippen LogP contribution in [0.2, 0.25) is 0 Å². The Morgan fingerprint density at radius 2 is 1.60 bits per heavy atom. The summed E-state index contributed by atoms with van der Waals surface area (Å²) in [6, 6.07) is 16.4. The zero-order chi connectivity index (χ0) is 25.0. The first-order valence-corrected chi connectivity index (χ1v) is 12.4. The van der Waals surface area contributed by atoms with Crippen molar-refractivity contribution in [2.75, 3.05) is 19.7 Å². The van der Waals surface area contributed by atoms with Crippen LogP contribution in [-0.4, -0.2) is 42.8 Å². The summed E-state index contributed by atoms with van der Waals surface area (Å²) in [5.41, 5.74) is 3.97. The smallest absolute Gasteiger partial charge is 0.407 e. The van der Waals surface area contributed by atoms with Gasteiger partial charge in [0.1, 0.15) is 6.61 Å². The van der Waals surface area contributed by atoms with Gasteiger partial charge in [-0.05, 0) is 47.4 Å². The van der Waals surface area contributed by atoms with Crippen molar-refractivity contribution in [1.29, 1.82) is 0 Å². The maximum absolute atomic E-state index is 12.7. The molecular weight excluding hydrogens is 444 g/mol. The van der Waals surface area contributed by atoms with E-state index in [-0.39, 0.29) is 30.3 Å². The molecule has 2 atom stereocenters. The van der Waals surface area contributed by atoms with Gasteiger partial charge in [0.25, 0.3) is 0 Å². The van der Waals surface area contributed by atoms with Crippen LogP contribution >= 0.6 is 0 Å². The van der Waals surface area contributed by atoms with Crippen LogP contribution in [0.15, 0.2) is 48.5 Å². The molecule has 7 nitrogen and oxygen atoms in total. The van der Waals surface area contributed by atoms with Gasteiger partial charge < -0.3 is 20.5 Å². The number of rotatable bonds is 9. The van der Waals surface area contributed by atoms with Crippen LogP contribution in [0.1, 0.15) is 56.6 Å². The number of carboxylic acid groups (broad SMARTS) is 1. The van der Waals surface area contributed by atoms with Crippen LogP contribution in [0.4, 0.5) is 4.79 Å². The molecule has 1 saturated carbocycles. The summed E-state index contributed by atoms with van der Waals surface area (Å²) in [6.45, 7) is 4.57. The molecule has 0 spiro atoms. The highest BCUT2D eigenvalue weighted by molar-refractivity contribution is 5.82. The number of carbonyl (C=O) groups is 3. The fourth-order valence-electron chi connectivity index (χ4n) is 5.31. The average Bonchev–Trinajstić information content (AvgIpc) is 3.44. The number of benzene rings is 2. The van der Waals surface area contributed by atoms with Gasteiger partial charge in [0.15, 0.2) is 0 Å². The Kier molecular flexibility index (Phi) is 7.43. The third kappa shape index (κ3) is 5.50. The molecule has 1 fully saturated rings. The summed E-state index contributed by atoms with van der Waals surface area (Å²) < 4.78 is 5.56. The second-order valence-corrected chi connectivity index (χ2v) is 10.2. The van der Waals surface area contributed by atoms with Gasteiger partial charge in [-0.3, -0.25) is 9.59 Å². The molecular formula is C28H34N2O5. The lowest BCUT2D eigenvalue weighted by atomic mass is 9.87. The van der Waals surface area contributed by atoms with Crippen LogP contribution in [-0.2, 0) is 14.3 Å². The molecule has 0 heterocycles. The number of carbonyl (C=O) groups excluding carboxylic acids is 2. The zero-order valence-electron chi connectivity index (χ0n) is 20.4. The first kappa shape index (κ1) is 24.8. The second kappa shape index (κ2) is 10.5. The predicted molar refractivity (Wildman–Crippen MR) is 133 cm³/mol. The van der Waals surface area contributed by atoms with Crippen molar-refractivity contribution in [1.82, 2.24) is 10.6 Å². The Morgan fingerprint density at radius 1 is 0.971 bits per heavy atom. The lowest BCUT2D eigenvalue weighted by molar-refractivity contribution is -0.143. The first-order chi connectivity index (χ1) is 16.8. The van der Waals surface area contributed by atoms with Gasteiger partial charge in [-0.15, -0.1) is 0 Å². The van der Waals surface area contributed by atoms with Crippen molar-refractivity contribution in [2.45, 2.75) is 45.4 Å². The summed E-state index contributed by atoms with van der Waals surface area (Å²) in [5, 5.41) is 15.0. The van der Waals surface area contributed by atoms with E-state index in [0.29, 0.717) is 25.9 Å². The summed E-state index contributed by atoms with van der Waals surface area (Å²) in [7, 11) is 0. The van der Waals surface area contributed by atoms with Gasteiger partial charge in [-0.2, -0.15) is 0 Å². The third-order valence-electron chi connectivity index (χ3n) is 7.48. The number of nitrogens with one attached hydrogen (secondary N) is 2. The minimum absolute atomic E-state index is 0.000541. The Labute approximate surface area is 206 Å². The highest BCUT2D eigenvalue weighted by Gasteiger charge is 2.35. The van der Waals surface area contributed by atoms with Crippen molar-refractivity contribution < 1.29 is 24.2 Å². The molecule has 3 N–H and O–H groups in total. The predicted octanol–water partition coefficient (Wildman–Crippen LogP) is 4.56. The van der Waals surface area contributed by atoms with Crippen molar-refractivity contribution in [3.8, 4) is 11.1 Å². The number of alkyl carbamates (subject to hydrolysis) is 1. The molecule has 2 aliphatic rings. The molecule has 0 radical (unpaired) electrons. The van der Waals surface area contributed by atoms with E-state index in [2.05, 4.69) is 34.9 Å². The number of carboxylic acids is 1. The SMILES string of the molecule is CC(C)(CCNC(=O)OCC1c2ccccc2-c2ccccc21)C(=O)NC[C@@H]1CCC[C@@H]1C(=O)O. The second-order valence-electron chi connectivity index (χ2n) is 10.2. The summed E-state index contributed by atoms with van der Waals surface area (Å²) in [4.78, 5) is 36.4. The monoisotopic (exact) mass is 478 g/mol. The van der Waals surface area contributed by atoms with Gasteiger partial charge >= 0.3 is 12.1 Å². The Hall–Kier alpha value is -3.35. The fourth-order valence-corrected chi connectivity index (χ4v) is 5.31. The standard InChI is InChI=1S/C28H34N2O5/c1-28(2,26(33)30-16-18-8-7-13-19(18)25(31)32)14-15-29-27(34)35-17-24-22-11-5-3-9-20(22)21-10-4-6-12-23(21)24/h3-6,9-12,18-19,24H,7-8,13-17H2,1-2H3,(H,29,34)(H,30,33)(H,31,32)/t18-,19-/m0/s1. The molecule has 4 rings (SSSR count). The molecule has 2 aliphatic carbocycles. The minimum Gasteiger partial charge on any atom is -0.481 e. The number of amides is 2. The van der Waals surface area contributed by atoms with E-state index in [1.54, 1.807) is 0 Å². The highest BCUT2D eigenvalue weighted by atomic mass is 16.5. The minimum atomic E-state index is -0.784. The Balaban J connectivity index is 1.23. The topological polar surface area (TPSA) is 105 Å². The fraction of sp³-hybridized carbons (Fsp3) is 0.464. The molecule has 0 unspecified atom stereocenters. The van der Waals surface area contributed by atoms with Gasteiger partial charge in [0.05, 0.1) is 5.92 Å². The molecule has 7 heteroatoms. The van der Waals surface area contributed by atoms with Crippen molar-refractivity contribution >= 4 is 18.0 Å². The quantitative estimate of drug-likeness (QED) is 0.490. The van der Waals surface area contributed by atoms with Gasteiger partial charge in [-0.1, -0.05) is 68.8 Å². The summed E-state index contributed by atoms with van der Waals surface area (Å²) in [5.74, 6) is -1.32. The van der Waals surface area contributed by atoms with Crippen LogP contribution in [0.25, 0.3) is 11.1 Å². The average molecular weight is 479 g/mol. The molecule has 0 bridgehead atoms. The molecule has 0 aliphatic heterocycles. The first-order valence-electron chi connectivity index (χ1n) is 12.4. The van der Waals surface area contributed by atoms with Crippen LogP contribution in [0, 0.1) is 17.3 Å².